The Labute approximate surface area is 109 Å². The lowest BCUT2D eigenvalue weighted by Gasteiger charge is -2.05. The van der Waals surface area contributed by atoms with Gasteiger partial charge >= 0.3 is 0 Å². The Hall–Kier alpha value is -1.68. The number of thiophene rings is 1. The summed E-state index contributed by atoms with van der Waals surface area (Å²) in [5.74, 6) is 1.65. The first-order valence-electron chi connectivity index (χ1n) is 6.13. The summed E-state index contributed by atoms with van der Waals surface area (Å²) in [6, 6.07) is 6.08. The molecule has 0 radical (unpaired) electrons. The minimum atomic E-state index is 0.315. The summed E-state index contributed by atoms with van der Waals surface area (Å²) >= 11 is 1.74. The molecule has 0 atom stereocenters. The molecule has 0 bridgehead atoms. The van der Waals surface area contributed by atoms with Gasteiger partial charge in [-0.2, -0.15) is 0 Å². The van der Waals surface area contributed by atoms with E-state index in [9.17, 15) is 0 Å². The number of ether oxygens (including phenoxy) is 2. The molecule has 4 heteroatoms. The summed E-state index contributed by atoms with van der Waals surface area (Å²) in [5.41, 5.74) is 9.98. The molecule has 2 aromatic rings. The van der Waals surface area contributed by atoms with Crippen molar-refractivity contribution in [3.05, 3.63) is 28.6 Å². The number of aryl methyl sites for hydroxylation is 1. The molecule has 1 aliphatic heterocycles. The number of hydrogen-bond donors (Lipinski definition) is 1. The molecule has 0 saturated carbocycles. The first-order valence-corrected chi connectivity index (χ1v) is 6.94. The molecule has 0 fully saturated rings. The van der Waals surface area contributed by atoms with Crippen LogP contribution < -0.4 is 15.2 Å². The predicted octanol–water partition coefficient (Wildman–Crippen LogP) is 3.21. The van der Waals surface area contributed by atoms with Crippen molar-refractivity contribution < 1.29 is 9.47 Å². The van der Waals surface area contributed by atoms with Crippen LogP contribution in [0.15, 0.2) is 18.2 Å². The second-order valence-corrected chi connectivity index (χ2v) is 5.80. The van der Waals surface area contributed by atoms with Crippen molar-refractivity contribution in [3.8, 4) is 22.6 Å². The zero-order valence-corrected chi connectivity index (χ0v) is 10.7. The molecule has 2 aliphatic rings. The van der Waals surface area contributed by atoms with Gasteiger partial charge in [0.2, 0.25) is 6.79 Å². The Balaban J connectivity index is 1.88. The minimum absolute atomic E-state index is 0.315. The molecule has 0 amide bonds. The summed E-state index contributed by atoms with van der Waals surface area (Å²) in [6.07, 6.45) is 3.57. The molecule has 1 aliphatic carbocycles. The topological polar surface area (TPSA) is 44.5 Å². The maximum Gasteiger partial charge on any atom is 0.231 e. The van der Waals surface area contributed by atoms with Gasteiger partial charge in [-0.15, -0.1) is 11.3 Å². The van der Waals surface area contributed by atoms with E-state index in [2.05, 4.69) is 6.07 Å². The van der Waals surface area contributed by atoms with E-state index in [-0.39, 0.29) is 0 Å². The number of fused-ring (bicyclic) bond motifs is 2. The second-order valence-electron chi connectivity index (χ2n) is 4.66. The normalized spacial score (nSPS) is 16.0. The Bertz CT molecular complexity index is 633. The van der Waals surface area contributed by atoms with Gasteiger partial charge in [0.25, 0.3) is 0 Å². The van der Waals surface area contributed by atoms with E-state index < -0.39 is 0 Å². The van der Waals surface area contributed by atoms with Crippen LogP contribution in [0.2, 0.25) is 0 Å². The van der Waals surface area contributed by atoms with Crippen molar-refractivity contribution in [1.82, 2.24) is 0 Å². The number of nitrogens with two attached hydrogens (primary N) is 1. The van der Waals surface area contributed by atoms with Crippen LogP contribution in [-0.4, -0.2) is 6.79 Å². The Kier molecular flexibility index (Phi) is 2.08. The molecule has 3 nitrogen and oxygen atoms in total. The van der Waals surface area contributed by atoms with Gasteiger partial charge in [0.1, 0.15) is 0 Å². The summed E-state index contributed by atoms with van der Waals surface area (Å²) in [4.78, 5) is 1.46. The van der Waals surface area contributed by atoms with Crippen LogP contribution in [0.5, 0.6) is 11.5 Å². The third-order valence-corrected chi connectivity index (χ3v) is 4.73. The number of hydrogen-bond acceptors (Lipinski definition) is 4. The summed E-state index contributed by atoms with van der Waals surface area (Å²) < 4.78 is 10.8. The van der Waals surface area contributed by atoms with Crippen molar-refractivity contribution in [2.75, 3.05) is 12.5 Å². The third-order valence-electron chi connectivity index (χ3n) is 3.61. The van der Waals surface area contributed by atoms with E-state index in [0.29, 0.717) is 6.79 Å². The smallest absolute Gasteiger partial charge is 0.231 e. The van der Waals surface area contributed by atoms with Crippen LogP contribution in [0.3, 0.4) is 0 Å². The van der Waals surface area contributed by atoms with Gasteiger partial charge in [0.15, 0.2) is 11.5 Å². The molecule has 18 heavy (non-hydrogen) atoms. The van der Waals surface area contributed by atoms with E-state index in [1.54, 1.807) is 11.3 Å². The van der Waals surface area contributed by atoms with Crippen molar-refractivity contribution in [2.24, 2.45) is 0 Å². The maximum atomic E-state index is 6.18. The monoisotopic (exact) mass is 259 g/mol. The number of anilines is 1. The predicted molar refractivity (Wildman–Crippen MR) is 72.3 cm³/mol. The lowest BCUT2D eigenvalue weighted by atomic mass is 10.0. The number of nitrogen functional groups attached to an aromatic ring is 1. The SMILES string of the molecule is Nc1sc2c(c1-c1ccc3c(c1)OCO3)CCC2. The summed E-state index contributed by atoms with van der Waals surface area (Å²) in [6.45, 7) is 0.315. The van der Waals surface area contributed by atoms with Crippen LogP contribution in [0.1, 0.15) is 16.9 Å². The van der Waals surface area contributed by atoms with Crippen LogP contribution in [0, 0.1) is 0 Å². The molecule has 2 N–H and O–H groups in total. The Morgan fingerprint density at radius 2 is 2.00 bits per heavy atom. The van der Waals surface area contributed by atoms with Gasteiger partial charge in [-0.1, -0.05) is 6.07 Å². The van der Waals surface area contributed by atoms with Crippen molar-refractivity contribution in [1.29, 1.82) is 0 Å². The highest BCUT2D eigenvalue weighted by molar-refractivity contribution is 7.16. The van der Waals surface area contributed by atoms with Gasteiger partial charge in [0.05, 0.1) is 5.00 Å². The van der Waals surface area contributed by atoms with Crippen molar-refractivity contribution in [2.45, 2.75) is 19.3 Å². The highest BCUT2D eigenvalue weighted by Crippen LogP contribution is 2.45. The lowest BCUT2D eigenvalue weighted by Crippen LogP contribution is -1.93. The van der Waals surface area contributed by atoms with E-state index in [1.807, 2.05) is 12.1 Å². The summed E-state index contributed by atoms with van der Waals surface area (Å²) in [7, 11) is 0. The molecule has 2 heterocycles. The molecule has 0 unspecified atom stereocenters. The quantitative estimate of drug-likeness (QED) is 0.855. The van der Waals surface area contributed by atoms with Gasteiger partial charge in [-0.25, -0.2) is 0 Å². The standard InChI is InChI=1S/C14H13NO2S/c15-14-13(9-2-1-3-12(9)18-14)8-4-5-10-11(6-8)17-7-16-10/h4-6H,1-3,7,15H2. The minimum Gasteiger partial charge on any atom is -0.454 e. The average Bonchev–Trinajstić information content (AvgIpc) is 3.02. The maximum absolute atomic E-state index is 6.18. The molecule has 1 aromatic carbocycles. The third kappa shape index (κ3) is 1.35. The van der Waals surface area contributed by atoms with Crippen molar-refractivity contribution >= 4 is 16.3 Å². The molecule has 92 valence electrons. The molecule has 0 spiro atoms. The first kappa shape index (κ1) is 10.3. The van der Waals surface area contributed by atoms with Gasteiger partial charge in [0, 0.05) is 10.4 Å². The number of benzene rings is 1. The largest absolute Gasteiger partial charge is 0.454 e. The zero-order valence-electron chi connectivity index (χ0n) is 9.86. The van der Waals surface area contributed by atoms with Gasteiger partial charge < -0.3 is 15.2 Å². The Morgan fingerprint density at radius 1 is 1.11 bits per heavy atom. The van der Waals surface area contributed by atoms with Crippen LogP contribution >= 0.6 is 11.3 Å². The fourth-order valence-electron chi connectivity index (χ4n) is 2.79. The fourth-order valence-corrected chi connectivity index (χ4v) is 3.98. The molecule has 1 aromatic heterocycles. The van der Waals surface area contributed by atoms with E-state index in [4.69, 9.17) is 15.2 Å². The highest BCUT2D eigenvalue weighted by atomic mass is 32.1. The zero-order chi connectivity index (χ0) is 12.1. The second kappa shape index (κ2) is 3.65. The first-order chi connectivity index (χ1) is 8.83. The van der Waals surface area contributed by atoms with Crippen LogP contribution in [-0.2, 0) is 12.8 Å². The van der Waals surface area contributed by atoms with E-state index in [0.717, 1.165) is 28.5 Å². The van der Waals surface area contributed by atoms with E-state index in [1.165, 1.54) is 28.8 Å². The lowest BCUT2D eigenvalue weighted by molar-refractivity contribution is 0.174. The van der Waals surface area contributed by atoms with Gasteiger partial charge in [-0.3, -0.25) is 0 Å². The highest BCUT2D eigenvalue weighted by Gasteiger charge is 2.23. The van der Waals surface area contributed by atoms with Gasteiger partial charge in [-0.05, 0) is 42.5 Å². The van der Waals surface area contributed by atoms with Crippen molar-refractivity contribution in [3.63, 3.8) is 0 Å². The molecule has 4 rings (SSSR count). The van der Waals surface area contributed by atoms with Crippen LogP contribution in [0.4, 0.5) is 5.00 Å². The Morgan fingerprint density at radius 3 is 2.94 bits per heavy atom. The molecular weight excluding hydrogens is 246 g/mol. The number of rotatable bonds is 1. The molecule has 0 saturated heterocycles. The fraction of sp³-hybridized carbons (Fsp3) is 0.286. The average molecular weight is 259 g/mol. The molecular formula is C14H13NO2S. The van der Waals surface area contributed by atoms with Crippen LogP contribution in [0.25, 0.3) is 11.1 Å². The van der Waals surface area contributed by atoms with E-state index >= 15 is 0 Å². The summed E-state index contributed by atoms with van der Waals surface area (Å²) in [5, 5.41) is 0.929.